The lowest BCUT2D eigenvalue weighted by molar-refractivity contribution is 0.0824. The first-order valence-electron chi connectivity index (χ1n) is 7.69. The van der Waals surface area contributed by atoms with E-state index in [4.69, 9.17) is 11.6 Å². The molecule has 1 unspecified atom stereocenters. The second-order valence-corrected chi connectivity index (χ2v) is 6.72. The van der Waals surface area contributed by atoms with Crippen LogP contribution in [-0.2, 0) is 0 Å². The van der Waals surface area contributed by atoms with Crippen molar-refractivity contribution in [3.63, 3.8) is 0 Å². The Morgan fingerprint density at radius 3 is 2.78 bits per heavy atom. The number of aliphatic hydroxyl groups is 1. The van der Waals surface area contributed by atoms with Crippen molar-refractivity contribution < 1.29 is 9.90 Å². The molecule has 23 heavy (non-hydrogen) atoms. The number of para-hydroxylation sites is 1. The van der Waals surface area contributed by atoms with Gasteiger partial charge in [-0.15, -0.1) is 0 Å². The summed E-state index contributed by atoms with van der Waals surface area (Å²) < 4.78 is 1.66. The highest BCUT2D eigenvalue weighted by atomic mass is 35.5. The van der Waals surface area contributed by atoms with Crippen molar-refractivity contribution in [2.24, 2.45) is 5.92 Å². The van der Waals surface area contributed by atoms with Gasteiger partial charge < -0.3 is 10.4 Å². The summed E-state index contributed by atoms with van der Waals surface area (Å²) in [7, 11) is 0. The molecule has 2 aromatic rings. The van der Waals surface area contributed by atoms with Gasteiger partial charge in [0, 0.05) is 0 Å². The van der Waals surface area contributed by atoms with Gasteiger partial charge in [-0.1, -0.05) is 23.7 Å². The Morgan fingerprint density at radius 1 is 1.48 bits per heavy atom. The van der Waals surface area contributed by atoms with Gasteiger partial charge in [-0.2, -0.15) is 5.10 Å². The molecular formula is C17H20ClN3O2. The van der Waals surface area contributed by atoms with Crippen molar-refractivity contribution in [2.75, 3.05) is 6.61 Å². The molecule has 0 spiro atoms. The van der Waals surface area contributed by atoms with Crippen molar-refractivity contribution >= 4 is 17.5 Å². The third kappa shape index (κ3) is 2.99. The van der Waals surface area contributed by atoms with Crippen LogP contribution in [0.25, 0.3) is 5.69 Å². The van der Waals surface area contributed by atoms with E-state index in [-0.39, 0.29) is 12.5 Å². The molecule has 1 atom stereocenters. The number of aliphatic hydroxyl groups excluding tert-OH is 1. The van der Waals surface area contributed by atoms with Crippen LogP contribution in [0.1, 0.15) is 35.8 Å². The van der Waals surface area contributed by atoms with Gasteiger partial charge in [0.15, 0.2) is 0 Å². The molecule has 1 heterocycles. The van der Waals surface area contributed by atoms with E-state index in [2.05, 4.69) is 10.4 Å². The Hall–Kier alpha value is -1.85. The number of amides is 1. The van der Waals surface area contributed by atoms with Crippen molar-refractivity contribution in [1.82, 2.24) is 15.1 Å². The average Bonchev–Trinajstić information content (AvgIpc) is 3.32. The molecular weight excluding hydrogens is 314 g/mol. The first-order valence-corrected chi connectivity index (χ1v) is 8.07. The average molecular weight is 334 g/mol. The number of benzene rings is 1. The van der Waals surface area contributed by atoms with Crippen molar-refractivity contribution in [1.29, 1.82) is 0 Å². The Morgan fingerprint density at radius 2 is 2.17 bits per heavy atom. The summed E-state index contributed by atoms with van der Waals surface area (Å²) in [5, 5.41) is 17.5. The zero-order valence-electron chi connectivity index (χ0n) is 13.2. The van der Waals surface area contributed by atoms with Crippen molar-refractivity contribution in [3.05, 3.63) is 46.7 Å². The van der Waals surface area contributed by atoms with E-state index in [0.29, 0.717) is 22.2 Å². The lowest BCUT2D eigenvalue weighted by atomic mass is 9.96. The van der Waals surface area contributed by atoms with Gasteiger partial charge in [-0.25, -0.2) is 4.68 Å². The topological polar surface area (TPSA) is 67.2 Å². The lowest BCUT2D eigenvalue weighted by Gasteiger charge is -2.28. The fourth-order valence-corrected chi connectivity index (χ4v) is 3.03. The van der Waals surface area contributed by atoms with Crippen LogP contribution in [0.4, 0.5) is 0 Å². The molecule has 1 amide bonds. The maximum absolute atomic E-state index is 12.6. The zero-order valence-corrected chi connectivity index (χ0v) is 14.0. The van der Waals surface area contributed by atoms with E-state index >= 15 is 0 Å². The van der Waals surface area contributed by atoms with Crippen LogP contribution in [0.3, 0.4) is 0 Å². The van der Waals surface area contributed by atoms with Crippen LogP contribution in [-0.4, -0.2) is 32.9 Å². The summed E-state index contributed by atoms with van der Waals surface area (Å²) in [6.45, 7) is 3.65. The Balaban J connectivity index is 1.87. The number of aromatic nitrogens is 2. The van der Waals surface area contributed by atoms with Crippen LogP contribution in [0.2, 0.25) is 5.02 Å². The number of rotatable bonds is 5. The molecule has 122 valence electrons. The molecule has 1 aromatic heterocycles. The predicted molar refractivity (Wildman–Crippen MR) is 89.0 cm³/mol. The van der Waals surface area contributed by atoms with E-state index in [9.17, 15) is 9.90 Å². The summed E-state index contributed by atoms with van der Waals surface area (Å²) in [4.78, 5) is 12.6. The minimum atomic E-state index is -0.573. The van der Waals surface area contributed by atoms with E-state index in [1.54, 1.807) is 16.9 Å². The minimum absolute atomic E-state index is 0.0683. The Labute approximate surface area is 140 Å². The normalized spacial score (nSPS) is 16.9. The number of nitrogens with zero attached hydrogens (tertiary/aromatic N) is 2. The maximum atomic E-state index is 12.6. The van der Waals surface area contributed by atoms with Gasteiger partial charge in [-0.05, 0) is 44.7 Å². The molecule has 0 saturated heterocycles. The monoisotopic (exact) mass is 333 g/mol. The smallest absolute Gasteiger partial charge is 0.255 e. The molecule has 0 radical (unpaired) electrons. The highest BCUT2D eigenvalue weighted by molar-refractivity contribution is 6.32. The number of nitrogens with one attached hydrogen (secondary N) is 1. The van der Waals surface area contributed by atoms with Gasteiger partial charge in [-0.3, -0.25) is 4.79 Å². The van der Waals surface area contributed by atoms with Gasteiger partial charge in [0.25, 0.3) is 5.91 Å². The molecule has 1 aliphatic rings. The second kappa shape index (κ2) is 5.98. The number of carbonyl (C=O) groups is 1. The SMILES string of the molecule is Cc1c(C(=O)NC(C)(CO)C2CC2)cnn1-c1ccccc1Cl. The molecule has 2 N–H and O–H groups in total. The van der Waals surface area contributed by atoms with Crippen LogP contribution in [0.15, 0.2) is 30.5 Å². The third-order valence-corrected chi connectivity index (χ3v) is 4.86. The van der Waals surface area contributed by atoms with Crippen LogP contribution < -0.4 is 5.32 Å². The van der Waals surface area contributed by atoms with E-state index in [1.807, 2.05) is 32.0 Å². The van der Waals surface area contributed by atoms with E-state index in [1.165, 1.54) is 0 Å². The minimum Gasteiger partial charge on any atom is -0.394 e. The molecule has 5 nitrogen and oxygen atoms in total. The molecule has 3 rings (SSSR count). The summed E-state index contributed by atoms with van der Waals surface area (Å²) in [6.07, 6.45) is 3.61. The third-order valence-electron chi connectivity index (χ3n) is 4.54. The van der Waals surface area contributed by atoms with Gasteiger partial charge in [0.2, 0.25) is 0 Å². The largest absolute Gasteiger partial charge is 0.394 e. The van der Waals surface area contributed by atoms with E-state index < -0.39 is 5.54 Å². The van der Waals surface area contributed by atoms with Crippen LogP contribution >= 0.6 is 11.6 Å². The number of halogens is 1. The van der Waals surface area contributed by atoms with Crippen molar-refractivity contribution in [3.8, 4) is 5.69 Å². The fourth-order valence-electron chi connectivity index (χ4n) is 2.82. The molecule has 1 aliphatic carbocycles. The Bertz CT molecular complexity index is 739. The molecule has 6 heteroatoms. The van der Waals surface area contributed by atoms with Crippen molar-refractivity contribution in [2.45, 2.75) is 32.2 Å². The van der Waals surface area contributed by atoms with Gasteiger partial charge >= 0.3 is 0 Å². The molecule has 1 aromatic carbocycles. The summed E-state index contributed by atoms with van der Waals surface area (Å²) in [6, 6.07) is 7.36. The van der Waals surface area contributed by atoms with Gasteiger partial charge in [0.05, 0.1) is 40.3 Å². The summed E-state index contributed by atoms with van der Waals surface area (Å²) in [5.74, 6) is 0.125. The van der Waals surface area contributed by atoms with Gasteiger partial charge in [0.1, 0.15) is 0 Å². The highest BCUT2D eigenvalue weighted by Crippen LogP contribution is 2.39. The first-order chi connectivity index (χ1) is 11.0. The number of carbonyl (C=O) groups excluding carboxylic acids is 1. The standard InChI is InChI=1S/C17H20ClN3O2/c1-11-13(16(23)20-17(2,10-22)12-7-8-12)9-19-21(11)15-6-4-3-5-14(15)18/h3-6,9,12,22H,7-8,10H2,1-2H3,(H,20,23). The zero-order chi connectivity index (χ0) is 16.6. The second-order valence-electron chi connectivity index (χ2n) is 6.31. The molecule has 0 aliphatic heterocycles. The summed E-state index contributed by atoms with van der Waals surface area (Å²) >= 11 is 6.20. The van der Waals surface area contributed by atoms with E-state index in [0.717, 1.165) is 18.5 Å². The maximum Gasteiger partial charge on any atom is 0.255 e. The Kier molecular flexibility index (Phi) is 4.17. The quantitative estimate of drug-likeness (QED) is 0.884. The summed E-state index contributed by atoms with van der Waals surface area (Å²) in [5.41, 5.74) is 1.37. The predicted octanol–water partition coefficient (Wildman–Crippen LogP) is 2.72. The number of hydrogen-bond donors (Lipinski definition) is 2. The molecule has 1 saturated carbocycles. The number of hydrogen-bond acceptors (Lipinski definition) is 3. The van der Waals surface area contributed by atoms with Crippen LogP contribution in [0.5, 0.6) is 0 Å². The lowest BCUT2D eigenvalue weighted by Crippen LogP contribution is -2.50. The first kappa shape index (κ1) is 16.0. The van der Waals surface area contributed by atoms with Crippen LogP contribution in [0, 0.1) is 12.8 Å². The highest BCUT2D eigenvalue weighted by Gasteiger charge is 2.42. The fraction of sp³-hybridized carbons (Fsp3) is 0.412. The molecule has 1 fully saturated rings. The molecule has 0 bridgehead atoms.